The van der Waals surface area contributed by atoms with Crippen molar-refractivity contribution in [2.75, 3.05) is 25.3 Å². The molecule has 0 fully saturated rings. The van der Waals surface area contributed by atoms with Crippen molar-refractivity contribution in [1.29, 1.82) is 0 Å². The third kappa shape index (κ3) is 5.30. The molecule has 0 spiro atoms. The van der Waals surface area contributed by atoms with E-state index in [1.165, 1.54) is 43.5 Å². The lowest BCUT2D eigenvalue weighted by atomic mass is 10.2. The highest BCUT2D eigenvalue weighted by Gasteiger charge is 2.11. The van der Waals surface area contributed by atoms with Crippen molar-refractivity contribution in [2.45, 2.75) is 4.90 Å². The van der Waals surface area contributed by atoms with Gasteiger partial charge in [-0.25, -0.2) is 13.2 Å². The number of hydrogen-bond acceptors (Lipinski definition) is 6. The molecule has 0 saturated carbocycles. The van der Waals surface area contributed by atoms with Crippen molar-refractivity contribution >= 4 is 43.3 Å². The summed E-state index contributed by atoms with van der Waals surface area (Å²) in [6.07, 6.45) is 1.11. The summed E-state index contributed by atoms with van der Waals surface area (Å²) in [4.78, 5) is 23.6. The SMILES string of the molecule is COC(=O)c1ccc(OCC(=O)Nc2ccc(S(C)(=O)=O)cc2)c(Br)c1. The van der Waals surface area contributed by atoms with Gasteiger partial charge in [-0.05, 0) is 58.4 Å². The average Bonchev–Trinajstić information content (AvgIpc) is 2.59. The van der Waals surface area contributed by atoms with Crippen LogP contribution >= 0.6 is 15.9 Å². The Balaban J connectivity index is 1.95. The molecule has 0 aliphatic heterocycles. The smallest absolute Gasteiger partial charge is 0.337 e. The van der Waals surface area contributed by atoms with Crippen LogP contribution in [0, 0.1) is 0 Å². The molecule has 0 unspecified atom stereocenters. The fraction of sp³-hybridized carbons (Fsp3) is 0.176. The lowest BCUT2D eigenvalue weighted by Gasteiger charge is -2.10. The topological polar surface area (TPSA) is 98.8 Å². The zero-order valence-corrected chi connectivity index (χ0v) is 16.4. The van der Waals surface area contributed by atoms with Crippen LogP contribution in [-0.2, 0) is 19.4 Å². The van der Waals surface area contributed by atoms with Gasteiger partial charge >= 0.3 is 5.97 Å². The number of methoxy groups -OCH3 is 1. The highest BCUT2D eigenvalue weighted by Crippen LogP contribution is 2.26. The van der Waals surface area contributed by atoms with E-state index in [4.69, 9.17) is 4.74 Å². The molecule has 7 nitrogen and oxygen atoms in total. The van der Waals surface area contributed by atoms with Crippen molar-refractivity contribution in [3.63, 3.8) is 0 Å². The molecule has 9 heteroatoms. The number of esters is 1. The maximum atomic E-state index is 12.0. The van der Waals surface area contributed by atoms with Gasteiger partial charge in [0.15, 0.2) is 16.4 Å². The second-order valence-corrected chi connectivity index (χ2v) is 8.14. The van der Waals surface area contributed by atoms with E-state index in [-0.39, 0.29) is 11.5 Å². The minimum atomic E-state index is -3.29. The number of amides is 1. The largest absolute Gasteiger partial charge is 0.483 e. The molecule has 0 atom stereocenters. The van der Waals surface area contributed by atoms with Crippen LogP contribution in [0.3, 0.4) is 0 Å². The molecule has 2 aromatic carbocycles. The molecule has 0 saturated heterocycles. The Hall–Kier alpha value is -2.39. The van der Waals surface area contributed by atoms with Crippen LogP contribution < -0.4 is 10.1 Å². The van der Waals surface area contributed by atoms with Crippen LogP contribution in [-0.4, -0.2) is 40.3 Å². The van der Waals surface area contributed by atoms with Crippen LogP contribution in [0.4, 0.5) is 5.69 Å². The fourth-order valence-electron chi connectivity index (χ4n) is 1.99. The zero-order valence-electron chi connectivity index (χ0n) is 14.0. The van der Waals surface area contributed by atoms with Crippen molar-refractivity contribution in [3.05, 3.63) is 52.5 Å². The Kier molecular flexibility index (Phi) is 6.38. The molecule has 2 rings (SSSR count). The zero-order chi connectivity index (χ0) is 19.3. The Morgan fingerprint density at radius 1 is 1.12 bits per heavy atom. The number of anilines is 1. The molecule has 0 radical (unpaired) electrons. The van der Waals surface area contributed by atoms with Gasteiger partial charge in [0.2, 0.25) is 0 Å². The van der Waals surface area contributed by atoms with Gasteiger partial charge in [-0.3, -0.25) is 4.79 Å². The quantitative estimate of drug-likeness (QED) is 0.691. The van der Waals surface area contributed by atoms with Gasteiger partial charge in [-0.1, -0.05) is 0 Å². The summed E-state index contributed by atoms with van der Waals surface area (Å²) in [6.45, 7) is -0.260. The number of hydrogen-bond donors (Lipinski definition) is 1. The van der Waals surface area contributed by atoms with Gasteiger partial charge in [-0.15, -0.1) is 0 Å². The number of halogens is 1. The summed E-state index contributed by atoms with van der Waals surface area (Å²) in [7, 11) is -2.00. The summed E-state index contributed by atoms with van der Waals surface area (Å²) >= 11 is 3.27. The predicted octanol–water partition coefficient (Wildman–Crippen LogP) is 2.66. The monoisotopic (exact) mass is 441 g/mol. The number of nitrogens with one attached hydrogen (secondary N) is 1. The van der Waals surface area contributed by atoms with Crippen LogP contribution in [0.25, 0.3) is 0 Å². The first-order valence-corrected chi connectivity index (χ1v) is 10.00. The van der Waals surface area contributed by atoms with Gasteiger partial charge in [-0.2, -0.15) is 0 Å². The fourth-order valence-corrected chi connectivity index (χ4v) is 3.11. The normalized spacial score (nSPS) is 10.9. The summed E-state index contributed by atoms with van der Waals surface area (Å²) in [5, 5.41) is 2.60. The van der Waals surface area contributed by atoms with E-state index < -0.39 is 21.7 Å². The molecule has 2 aromatic rings. The Labute approximate surface area is 159 Å². The van der Waals surface area contributed by atoms with E-state index in [9.17, 15) is 18.0 Å². The van der Waals surface area contributed by atoms with Gasteiger partial charge in [0.1, 0.15) is 5.75 Å². The van der Waals surface area contributed by atoms with Crippen molar-refractivity contribution in [2.24, 2.45) is 0 Å². The average molecular weight is 442 g/mol. The van der Waals surface area contributed by atoms with Crippen LogP contribution in [0.1, 0.15) is 10.4 Å². The highest BCUT2D eigenvalue weighted by molar-refractivity contribution is 9.10. The number of ether oxygens (including phenoxy) is 2. The van der Waals surface area contributed by atoms with Gasteiger partial charge in [0.05, 0.1) is 22.0 Å². The van der Waals surface area contributed by atoms with E-state index in [0.29, 0.717) is 21.5 Å². The third-order valence-electron chi connectivity index (χ3n) is 3.28. The molecule has 0 heterocycles. The van der Waals surface area contributed by atoms with Crippen LogP contribution in [0.5, 0.6) is 5.75 Å². The summed E-state index contributed by atoms with van der Waals surface area (Å²) < 4.78 is 33.3. The van der Waals surface area contributed by atoms with E-state index in [0.717, 1.165) is 6.26 Å². The second kappa shape index (κ2) is 8.33. The molecule has 0 aliphatic rings. The molecule has 26 heavy (non-hydrogen) atoms. The molecule has 0 aliphatic carbocycles. The van der Waals surface area contributed by atoms with Crippen molar-refractivity contribution < 1.29 is 27.5 Å². The maximum Gasteiger partial charge on any atom is 0.337 e. The summed E-state index contributed by atoms with van der Waals surface area (Å²) in [5.41, 5.74) is 0.799. The molecular weight excluding hydrogens is 426 g/mol. The standard InChI is InChI=1S/C17H16BrNO6S/c1-24-17(21)11-3-8-15(14(18)9-11)25-10-16(20)19-12-4-6-13(7-5-12)26(2,22)23/h3-9H,10H2,1-2H3,(H,19,20). The first-order valence-electron chi connectivity index (χ1n) is 7.31. The predicted molar refractivity (Wildman–Crippen MR) is 99.2 cm³/mol. The number of carbonyl (C=O) groups excluding carboxylic acids is 2. The maximum absolute atomic E-state index is 12.0. The Bertz CT molecular complexity index is 925. The minimum Gasteiger partial charge on any atom is -0.483 e. The third-order valence-corrected chi connectivity index (χ3v) is 5.03. The molecule has 1 N–H and O–H groups in total. The second-order valence-electron chi connectivity index (χ2n) is 5.27. The van der Waals surface area contributed by atoms with E-state index >= 15 is 0 Å². The van der Waals surface area contributed by atoms with E-state index in [1.807, 2.05) is 0 Å². The molecule has 1 amide bonds. The van der Waals surface area contributed by atoms with Crippen molar-refractivity contribution in [1.82, 2.24) is 0 Å². The van der Waals surface area contributed by atoms with Gasteiger partial charge in [0, 0.05) is 11.9 Å². The lowest BCUT2D eigenvalue weighted by Crippen LogP contribution is -2.20. The molecule has 138 valence electrons. The van der Waals surface area contributed by atoms with Crippen LogP contribution in [0.2, 0.25) is 0 Å². The number of carbonyl (C=O) groups is 2. The number of benzene rings is 2. The van der Waals surface area contributed by atoms with Gasteiger partial charge < -0.3 is 14.8 Å². The molecule has 0 aromatic heterocycles. The first kappa shape index (κ1) is 19.9. The highest BCUT2D eigenvalue weighted by atomic mass is 79.9. The number of sulfone groups is 1. The Morgan fingerprint density at radius 3 is 2.31 bits per heavy atom. The summed E-state index contributed by atoms with van der Waals surface area (Å²) in [5.74, 6) is -0.506. The summed E-state index contributed by atoms with van der Waals surface area (Å²) in [6, 6.07) is 10.4. The Morgan fingerprint density at radius 2 is 1.77 bits per heavy atom. The van der Waals surface area contributed by atoms with Gasteiger partial charge in [0.25, 0.3) is 5.91 Å². The first-order chi connectivity index (χ1) is 12.2. The lowest BCUT2D eigenvalue weighted by molar-refractivity contribution is -0.118. The molecular formula is C17H16BrNO6S. The van der Waals surface area contributed by atoms with E-state index in [2.05, 4.69) is 26.0 Å². The molecule has 0 bridgehead atoms. The van der Waals surface area contributed by atoms with Crippen molar-refractivity contribution in [3.8, 4) is 5.75 Å². The van der Waals surface area contributed by atoms with E-state index in [1.54, 1.807) is 6.07 Å². The number of rotatable bonds is 6. The van der Waals surface area contributed by atoms with Crippen LogP contribution in [0.15, 0.2) is 51.8 Å². The minimum absolute atomic E-state index is 0.168.